The van der Waals surface area contributed by atoms with Crippen LogP contribution in [-0.2, 0) is 21.4 Å². The lowest BCUT2D eigenvalue weighted by Gasteiger charge is -2.14. The lowest BCUT2D eigenvalue weighted by molar-refractivity contribution is 0.138. The number of aromatic nitrogens is 3. The third-order valence-corrected chi connectivity index (χ3v) is 7.85. The topological polar surface area (TPSA) is 158 Å². The standard InChI is InChI=1S/C30H26F2N6O5S/c1-42-29-27(38-44(40,41)28-7-4-21(31)14-25(28)32)13-20(16-37-29)18-3-6-26-24(12-18)23(8-10-34-26)19-2-5-22(36-15-19)17-43-30(39)35-11-9-33/h2-8,10,12-16,38H,9,11,17,33H2,1H3,(H,35,39). The molecule has 0 aliphatic rings. The number of hydrogen-bond acceptors (Lipinski definition) is 9. The van der Waals surface area contributed by atoms with Gasteiger partial charge in [-0.2, -0.15) is 0 Å². The van der Waals surface area contributed by atoms with Crippen LogP contribution < -0.4 is 20.5 Å². The van der Waals surface area contributed by atoms with E-state index in [1.807, 2.05) is 24.3 Å². The summed E-state index contributed by atoms with van der Waals surface area (Å²) < 4.78 is 66.2. The number of hydrogen-bond donors (Lipinski definition) is 3. The van der Waals surface area contributed by atoms with Crippen molar-refractivity contribution in [3.8, 4) is 28.1 Å². The molecular formula is C30H26F2N6O5S. The molecule has 3 aromatic heterocycles. The van der Waals surface area contributed by atoms with Gasteiger partial charge < -0.3 is 20.5 Å². The maximum Gasteiger partial charge on any atom is 0.407 e. The predicted molar refractivity (Wildman–Crippen MR) is 159 cm³/mol. The first kappa shape index (κ1) is 30.3. The summed E-state index contributed by atoms with van der Waals surface area (Å²) >= 11 is 0. The molecular weight excluding hydrogens is 594 g/mol. The van der Waals surface area contributed by atoms with Gasteiger partial charge in [-0.1, -0.05) is 12.1 Å². The first-order valence-electron chi connectivity index (χ1n) is 13.2. The van der Waals surface area contributed by atoms with Crippen molar-refractivity contribution >= 4 is 32.7 Å². The van der Waals surface area contributed by atoms with Crippen LogP contribution in [0.5, 0.6) is 5.88 Å². The Morgan fingerprint density at radius 1 is 0.932 bits per heavy atom. The van der Waals surface area contributed by atoms with Crippen LogP contribution in [0.15, 0.2) is 84.1 Å². The van der Waals surface area contributed by atoms with Crippen molar-refractivity contribution in [2.24, 2.45) is 5.73 Å². The minimum absolute atomic E-state index is 0.0116. The summed E-state index contributed by atoms with van der Waals surface area (Å²) in [6.07, 6.45) is 4.26. The van der Waals surface area contributed by atoms with Gasteiger partial charge in [0, 0.05) is 54.3 Å². The van der Waals surface area contributed by atoms with E-state index in [1.54, 1.807) is 24.5 Å². The molecule has 3 heterocycles. The molecule has 14 heteroatoms. The van der Waals surface area contributed by atoms with Crippen LogP contribution in [0.2, 0.25) is 0 Å². The second-order valence-corrected chi connectivity index (χ2v) is 11.0. The van der Waals surface area contributed by atoms with E-state index >= 15 is 0 Å². The second kappa shape index (κ2) is 13.0. The van der Waals surface area contributed by atoms with Crippen molar-refractivity contribution in [1.29, 1.82) is 0 Å². The van der Waals surface area contributed by atoms with E-state index in [-0.39, 0.29) is 18.2 Å². The van der Waals surface area contributed by atoms with E-state index in [0.29, 0.717) is 41.5 Å². The second-order valence-electron chi connectivity index (χ2n) is 9.38. The van der Waals surface area contributed by atoms with Gasteiger partial charge >= 0.3 is 6.09 Å². The Kier molecular flexibility index (Phi) is 8.92. The normalized spacial score (nSPS) is 11.3. The maximum atomic E-state index is 14.3. The molecule has 0 unspecified atom stereocenters. The van der Waals surface area contributed by atoms with Gasteiger partial charge in [-0.3, -0.25) is 14.7 Å². The number of alkyl carbamates (subject to hydrolysis) is 1. The number of nitrogens with zero attached hydrogens (tertiary/aromatic N) is 3. The van der Waals surface area contributed by atoms with Crippen molar-refractivity contribution in [3.05, 3.63) is 96.6 Å². The van der Waals surface area contributed by atoms with E-state index in [9.17, 15) is 22.0 Å². The van der Waals surface area contributed by atoms with Gasteiger partial charge in [-0.05, 0) is 53.6 Å². The molecule has 4 N–H and O–H groups in total. The lowest BCUT2D eigenvalue weighted by atomic mass is 9.98. The predicted octanol–water partition coefficient (Wildman–Crippen LogP) is 4.63. The molecule has 0 saturated heterocycles. The number of amides is 1. The van der Waals surface area contributed by atoms with Crippen LogP contribution in [-0.4, -0.2) is 49.7 Å². The molecule has 226 valence electrons. The first-order valence-corrected chi connectivity index (χ1v) is 14.6. The Balaban J connectivity index is 1.45. The fourth-order valence-electron chi connectivity index (χ4n) is 4.35. The summed E-state index contributed by atoms with van der Waals surface area (Å²) in [7, 11) is -3.14. The molecule has 5 rings (SSSR count). The quantitative estimate of drug-likeness (QED) is 0.202. The first-order chi connectivity index (χ1) is 21.2. The molecule has 0 aliphatic heterocycles. The van der Waals surface area contributed by atoms with Gasteiger partial charge in [0.2, 0.25) is 5.88 Å². The summed E-state index contributed by atoms with van der Waals surface area (Å²) in [5.74, 6) is -2.19. The van der Waals surface area contributed by atoms with Gasteiger partial charge in [0.1, 0.15) is 28.8 Å². The van der Waals surface area contributed by atoms with E-state index in [0.717, 1.165) is 28.6 Å². The Bertz CT molecular complexity index is 1940. The third-order valence-electron chi connectivity index (χ3n) is 6.45. The van der Waals surface area contributed by atoms with Crippen molar-refractivity contribution in [2.75, 3.05) is 24.9 Å². The molecule has 44 heavy (non-hydrogen) atoms. The molecule has 0 spiro atoms. The van der Waals surface area contributed by atoms with Gasteiger partial charge in [0.25, 0.3) is 10.0 Å². The number of halogens is 2. The summed E-state index contributed by atoms with van der Waals surface area (Å²) in [6, 6.07) is 14.6. The number of carbonyl (C=O) groups excluding carboxylic acids is 1. The van der Waals surface area contributed by atoms with E-state index in [2.05, 4.69) is 25.0 Å². The van der Waals surface area contributed by atoms with Crippen molar-refractivity contribution in [2.45, 2.75) is 11.5 Å². The molecule has 0 bridgehead atoms. The fourth-order valence-corrected chi connectivity index (χ4v) is 5.46. The minimum atomic E-state index is -4.45. The number of nitrogens with one attached hydrogen (secondary N) is 2. The summed E-state index contributed by atoms with van der Waals surface area (Å²) in [5.41, 5.74) is 9.39. The monoisotopic (exact) mass is 620 g/mol. The number of nitrogens with two attached hydrogens (primary N) is 1. The van der Waals surface area contributed by atoms with Gasteiger partial charge in [-0.25, -0.2) is 27.0 Å². The molecule has 5 aromatic rings. The van der Waals surface area contributed by atoms with Gasteiger partial charge in [-0.15, -0.1) is 0 Å². The van der Waals surface area contributed by atoms with Crippen LogP contribution in [0.4, 0.5) is 19.3 Å². The molecule has 11 nitrogen and oxygen atoms in total. The average Bonchev–Trinajstić information content (AvgIpc) is 3.02. The number of methoxy groups -OCH3 is 1. The number of fused-ring (bicyclic) bond motifs is 1. The minimum Gasteiger partial charge on any atom is -0.480 e. The molecule has 2 aromatic carbocycles. The number of anilines is 1. The average molecular weight is 621 g/mol. The highest BCUT2D eigenvalue weighted by Crippen LogP contribution is 2.34. The zero-order valence-corrected chi connectivity index (χ0v) is 24.1. The number of ether oxygens (including phenoxy) is 2. The highest BCUT2D eigenvalue weighted by molar-refractivity contribution is 7.92. The number of sulfonamides is 1. The zero-order chi connectivity index (χ0) is 31.3. The Labute approximate surface area is 251 Å². The highest BCUT2D eigenvalue weighted by Gasteiger charge is 2.22. The van der Waals surface area contributed by atoms with Crippen LogP contribution >= 0.6 is 0 Å². The van der Waals surface area contributed by atoms with E-state index < -0.39 is 32.6 Å². The van der Waals surface area contributed by atoms with E-state index in [1.165, 1.54) is 19.4 Å². The summed E-state index contributed by atoms with van der Waals surface area (Å²) in [5, 5.41) is 3.30. The molecule has 0 radical (unpaired) electrons. The Hall–Kier alpha value is -5.21. The molecule has 0 aliphatic carbocycles. The Morgan fingerprint density at radius 3 is 2.45 bits per heavy atom. The summed E-state index contributed by atoms with van der Waals surface area (Å²) in [4.78, 5) is 24.0. The largest absolute Gasteiger partial charge is 0.480 e. The SMILES string of the molecule is COc1ncc(-c2ccc3nccc(-c4ccc(COC(=O)NCCN)nc4)c3c2)cc1NS(=O)(=O)c1ccc(F)cc1F. The number of rotatable bonds is 10. The number of carbonyl (C=O) groups is 1. The van der Waals surface area contributed by atoms with Gasteiger partial charge in [0.15, 0.2) is 0 Å². The third kappa shape index (κ3) is 6.71. The molecule has 0 saturated carbocycles. The maximum absolute atomic E-state index is 14.3. The molecule has 1 amide bonds. The Morgan fingerprint density at radius 2 is 1.73 bits per heavy atom. The van der Waals surface area contributed by atoms with Gasteiger partial charge in [0.05, 0.1) is 18.3 Å². The molecule has 0 fully saturated rings. The van der Waals surface area contributed by atoms with Crippen molar-refractivity contribution < 1.29 is 31.5 Å². The fraction of sp³-hybridized carbons (Fsp3) is 0.133. The highest BCUT2D eigenvalue weighted by atomic mass is 32.2. The molecule has 0 atom stereocenters. The van der Waals surface area contributed by atoms with Crippen LogP contribution in [0.3, 0.4) is 0 Å². The van der Waals surface area contributed by atoms with Crippen LogP contribution in [0, 0.1) is 11.6 Å². The lowest BCUT2D eigenvalue weighted by Crippen LogP contribution is -2.29. The summed E-state index contributed by atoms with van der Waals surface area (Å²) in [6.45, 7) is 0.599. The van der Waals surface area contributed by atoms with Crippen molar-refractivity contribution in [1.82, 2.24) is 20.3 Å². The van der Waals surface area contributed by atoms with Crippen LogP contribution in [0.1, 0.15) is 5.69 Å². The zero-order valence-electron chi connectivity index (χ0n) is 23.3. The van der Waals surface area contributed by atoms with E-state index in [4.69, 9.17) is 15.2 Å². The number of benzene rings is 2. The number of pyridine rings is 3. The smallest absolute Gasteiger partial charge is 0.407 e. The van der Waals surface area contributed by atoms with Crippen LogP contribution in [0.25, 0.3) is 33.2 Å². The van der Waals surface area contributed by atoms with Crippen molar-refractivity contribution in [3.63, 3.8) is 0 Å².